The van der Waals surface area contributed by atoms with E-state index in [0.717, 1.165) is 29.2 Å². The summed E-state index contributed by atoms with van der Waals surface area (Å²) in [7, 11) is 0. The summed E-state index contributed by atoms with van der Waals surface area (Å²) < 4.78 is 0. The summed E-state index contributed by atoms with van der Waals surface area (Å²) in [6.07, 6.45) is 2.41. The quantitative estimate of drug-likeness (QED) is 0.264. The molecule has 4 heteroatoms. The Balaban J connectivity index is 2.33. The number of nitrogens with zero attached hydrogens (tertiary/aromatic N) is 1. The lowest BCUT2D eigenvalue weighted by molar-refractivity contribution is 0.287. The molecule has 0 atom stereocenters. The van der Waals surface area contributed by atoms with Crippen molar-refractivity contribution in [1.29, 1.82) is 0 Å². The van der Waals surface area contributed by atoms with Crippen LogP contribution in [0.3, 0.4) is 0 Å². The van der Waals surface area contributed by atoms with Crippen LogP contribution in [0, 0.1) is 0 Å². The fourth-order valence-electron chi connectivity index (χ4n) is 1.29. The van der Waals surface area contributed by atoms with Crippen molar-refractivity contribution >= 4 is 16.8 Å². The summed E-state index contributed by atoms with van der Waals surface area (Å²) in [5, 5.41) is 21.5. The Bertz CT molecular complexity index is 314. The third kappa shape index (κ3) is 5.19. The molecule has 2 N–H and O–H groups in total. The molecular formula is C12H17NO2S. The molecule has 1 aromatic carbocycles. The second-order valence-electron chi connectivity index (χ2n) is 3.44. The Morgan fingerprint density at radius 3 is 2.56 bits per heavy atom. The highest BCUT2D eigenvalue weighted by Crippen LogP contribution is 2.12. The van der Waals surface area contributed by atoms with Crippen LogP contribution >= 0.6 is 11.8 Å². The molecule has 0 aromatic heterocycles. The van der Waals surface area contributed by atoms with Crippen molar-refractivity contribution in [2.24, 2.45) is 5.16 Å². The number of hydrogen-bond donors (Lipinski definition) is 2. The first kappa shape index (κ1) is 13.1. The predicted molar refractivity (Wildman–Crippen MR) is 68.1 cm³/mol. The number of unbranched alkanes of at least 4 members (excludes halogenated alkanes) is 1. The van der Waals surface area contributed by atoms with Gasteiger partial charge in [-0.25, -0.2) is 0 Å². The fraction of sp³-hybridized carbons (Fsp3) is 0.417. The molecule has 16 heavy (non-hydrogen) atoms. The monoisotopic (exact) mass is 239 g/mol. The van der Waals surface area contributed by atoms with Crippen LogP contribution in [0.4, 0.5) is 0 Å². The van der Waals surface area contributed by atoms with E-state index in [9.17, 15) is 0 Å². The number of oxime groups is 1. The van der Waals surface area contributed by atoms with Gasteiger partial charge in [0.25, 0.3) is 0 Å². The van der Waals surface area contributed by atoms with Crippen molar-refractivity contribution in [2.45, 2.75) is 19.3 Å². The van der Waals surface area contributed by atoms with E-state index in [4.69, 9.17) is 10.3 Å². The van der Waals surface area contributed by atoms with Gasteiger partial charge >= 0.3 is 0 Å². The molecule has 0 spiro atoms. The minimum Gasteiger partial charge on any atom is -0.410 e. The molecular weight excluding hydrogens is 222 g/mol. The van der Waals surface area contributed by atoms with E-state index in [2.05, 4.69) is 5.16 Å². The van der Waals surface area contributed by atoms with Crippen LogP contribution < -0.4 is 0 Å². The molecule has 0 amide bonds. The highest BCUT2D eigenvalue weighted by atomic mass is 32.2. The van der Waals surface area contributed by atoms with Gasteiger partial charge in [0.05, 0.1) is 0 Å². The van der Waals surface area contributed by atoms with Gasteiger partial charge in [-0.3, -0.25) is 0 Å². The van der Waals surface area contributed by atoms with E-state index in [-0.39, 0.29) is 6.61 Å². The maximum Gasteiger partial charge on any atom is 0.117 e. The van der Waals surface area contributed by atoms with E-state index in [1.54, 1.807) is 11.8 Å². The Labute approximate surface area is 100 Å². The highest BCUT2D eigenvalue weighted by Gasteiger charge is 2.02. The third-order valence-corrected chi connectivity index (χ3v) is 3.18. The molecule has 0 saturated heterocycles. The Morgan fingerprint density at radius 2 is 1.94 bits per heavy atom. The average molecular weight is 239 g/mol. The van der Waals surface area contributed by atoms with Crippen molar-refractivity contribution in [3.8, 4) is 0 Å². The number of thioether (sulfide) groups is 1. The summed E-state index contributed by atoms with van der Waals surface area (Å²) in [5.41, 5.74) is 1.14. The standard InChI is InChI=1S/C12H17NO2S/c14-8-4-5-9-16-12(13-15)10-11-6-2-1-3-7-11/h1-3,6-7,14-15H,4-5,8-10H2/b13-12-. The molecule has 0 saturated carbocycles. The van der Waals surface area contributed by atoms with Crippen LogP contribution in [-0.2, 0) is 6.42 Å². The van der Waals surface area contributed by atoms with E-state index in [1.165, 1.54) is 0 Å². The first-order valence-corrected chi connectivity index (χ1v) is 6.34. The Kier molecular flexibility index (Phi) is 6.69. The topological polar surface area (TPSA) is 52.8 Å². The molecule has 0 aliphatic carbocycles. The molecule has 1 aromatic rings. The van der Waals surface area contributed by atoms with Gasteiger partial charge in [0.1, 0.15) is 5.04 Å². The number of aliphatic hydroxyl groups excluding tert-OH is 1. The summed E-state index contributed by atoms with van der Waals surface area (Å²) in [4.78, 5) is 0. The normalized spacial score (nSPS) is 11.7. The van der Waals surface area contributed by atoms with Crippen molar-refractivity contribution in [2.75, 3.05) is 12.4 Å². The predicted octanol–water partition coefficient (Wildman–Crippen LogP) is 2.52. The molecule has 1 rings (SSSR count). The van der Waals surface area contributed by atoms with E-state index >= 15 is 0 Å². The van der Waals surface area contributed by atoms with Gasteiger partial charge in [0.15, 0.2) is 0 Å². The molecule has 0 radical (unpaired) electrons. The average Bonchev–Trinajstić information content (AvgIpc) is 2.34. The van der Waals surface area contributed by atoms with Crippen LogP contribution in [0.1, 0.15) is 18.4 Å². The van der Waals surface area contributed by atoms with Gasteiger partial charge < -0.3 is 10.3 Å². The van der Waals surface area contributed by atoms with Crippen LogP contribution in [0.5, 0.6) is 0 Å². The molecule has 0 heterocycles. The van der Waals surface area contributed by atoms with Gasteiger partial charge in [-0.15, -0.1) is 11.8 Å². The first-order valence-electron chi connectivity index (χ1n) is 5.35. The van der Waals surface area contributed by atoms with Crippen molar-refractivity contribution in [3.05, 3.63) is 35.9 Å². The third-order valence-electron chi connectivity index (χ3n) is 2.13. The van der Waals surface area contributed by atoms with Crippen molar-refractivity contribution < 1.29 is 10.3 Å². The minimum atomic E-state index is 0.227. The minimum absolute atomic E-state index is 0.227. The smallest absolute Gasteiger partial charge is 0.117 e. The van der Waals surface area contributed by atoms with Crippen LogP contribution in [0.2, 0.25) is 0 Å². The summed E-state index contributed by atoms with van der Waals surface area (Å²) in [6.45, 7) is 0.227. The number of hydrogen-bond acceptors (Lipinski definition) is 4. The molecule has 0 unspecified atom stereocenters. The zero-order valence-electron chi connectivity index (χ0n) is 9.17. The van der Waals surface area contributed by atoms with Crippen molar-refractivity contribution in [3.63, 3.8) is 0 Å². The van der Waals surface area contributed by atoms with Gasteiger partial charge in [0, 0.05) is 13.0 Å². The van der Waals surface area contributed by atoms with Gasteiger partial charge in [-0.05, 0) is 24.2 Å². The number of aliphatic hydroxyl groups is 1. The first-order chi connectivity index (χ1) is 7.86. The second kappa shape index (κ2) is 8.19. The lowest BCUT2D eigenvalue weighted by Crippen LogP contribution is -2.00. The Hall–Kier alpha value is -1.00. The maximum absolute atomic E-state index is 8.86. The van der Waals surface area contributed by atoms with Gasteiger partial charge in [-0.1, -0.05) is 35.5 Å². The zero-order chi connectivity index (χ0) is 11.6. The summed E-state index contributed by atoms with van der Waals surface area (Å²) in [5.74, 6) is 0.882. The van der Waals surface area contributed by atoms with E-state index in [0.29, 0.717) is 6.42 Å². The van der Waals surface area contributed by atoms with Crippen LogP contribution in [0.15, 0.2) is 35.5 Å². The maximum atomic E-state index is 8.86. The summed E-state index contributed by atoms with van der Waals surface area (Å²) >= 11 is 1.55. The van der Waals surface area contributed by atoms with Gasteiger partial charge in [-0.2, -0.15) is 0 Å². The van der Waals surface area contributed by atoms with Crippen molar-refractivity contribution in [1.82, 2.24) is 0 Å². The highest BCUT2D eigenvalue weighted by molar-refractivity contribution is 8.13. The van der Waals surface area contributed by atoms with E-state index < -0.39 is 0 Å². The SMILES string of the molecule is OCCCCS/C(Cc1ccccc1)=N\O. The Morgan fingerprint density at radius 1 is 1.19 bits per heavy atom. The molecule has 0 aliphatic heterocycles. The lowest BCUT2D eigenvalue weighted by atomic mass is 10.2. The lowest BCUT2D eigenvalue weighted by Gasteiger charge is -2.03. The summed E-state index contributed by atoms with van der Waals surface area (Å²) in [6, 6.07) is 9.94. The second-order valence-corrected chi connectivity index (χ2v) is 4.60. The number of benzene rings is 1. The fourth-order valence-corrected chi connectivity index (χ4v) is 2.20. The number of rotatable bonds is 6. The van der Waals surface area contributed by atoms with Crippen LogP contribution in [-0.4, -0.2) is 27.7 Å². The van der Waals surface area contributed by atoms with E-state index in [1.807, 2.05) is 30.3 Å². The molecule has 0 fully saturated rings. The van der Waals surface area contributed by atoms with Crippen LogP contribution in [0.25, 0.3) is 0 Å². The molecule has 0 aliphatic rings. The molecule has 0 bridgehead atoms. The molecule has 3 nitrogen and oxygen atoms in total. The molecule has 88 valence electrons. The van der Waals surface area contributed by atoms with Gasteiger partial charge in [0.2, 0.25) is 0 Å². The zero-order valence-corrected chi connectivity index (χ0v) is 9.99. The largest absolute Gasteiger partial charge is 0.410 e.